The zero-order valence-electron chi connectivity index (χ0n) is 12.8. The molecule has 0 radical (unpaired) electrons. The van der Waals surface area contributed by atoms with Crippen molar-refractivity contribution in [2.45, 2.75) is 18.0 Å². The molecule has 1 heterocycles. The first kappa shape index (κ1) is 15.7. The van der Waals surface area contributed by atoms with Gasteiger partial charge in [-0.05, 0) is 24.0 Å². The Labute approximate surface area is 129 Å². The van der Waals surface area contributed by atoms with Gasteiger partial charge >= 0.3 is 0 Å². The molecule has 114 valence electrons. The molecule has 0 spiro atoms. The number of nitrogens with one attached hydrogen (secondary N) is 1. The normalized spacial score (nSPS) is 10.7. The molecule has 0 aliphatic rings. The third kappa shape index (κ3) is 3.71. The van der Waals surface area contributed by atoms with Gasteiger partial charge in [0.1, 0.15) is 5.82 Å². The van der Waals surface area contributed by atoms with Gasteiger partial charge in [0.05, 0.1) is 20.8 Å². The Morgan fingerprint density at radius 3 is 2.48 bits per heavy atom. The van der Waals surface area contributed by atoms with Crippen molar-refractivity contribution in [1.29, 1.82) is 0 Å². The van der Waals surface area contributed by atoms with E-state index in [4.69, 9.17) is 9.47 Å². The number of nitrogens with zero attached hydrogens (tertiary/aromatic N) is 2. The fraction of sp³-hybridized carbons (Fsp3) is 0.400. The number of thioether (sulfide) groups is 1. The van der Waals surface area contributed by atoms with E-state index in [0.717, 1.165) is 30.4 Å². The summed E-state index contributed by atoms with van der Waals surface area (Å²) < 4.78 is 12.7. The van der Waals surface area contributed by atoms with Gasteiger partial charge in [-0.1, -0.05) is 0 Å². The van der Waals surface area contributed by atoms with E-state index in [9.17, 15) is 0 Å². The highest BCUT2D eigenvalue weighted by molar-refractivity contribution is 7.98. The van der Waals surface area contributed by atoms with Gasteiger partial charge in [-0.25, -0.2) is 4.98 Å². The molecule has 0 amide bonds. The van der Waals surface area contributed by atoms with Gasteiger partial charge < -0.3 is 19.4 Å². The van der Waals surface area contributed by atoms with Crippen LogP contribution in [-0.2, 0) is 20.1 Å². The molecule has 0 bridgehead atoms. The van der Waals surface area contributed by atoms with Crippen LogP contribution in [0.4, 0.5) is 0 Å². The summed E-state index contributed by atoms with van der Waals surface area (Å²) in [6, 6.07) is 4.04. The van der Waals surface area contributed by atoms with Gasteiger partial charge in [0, 0.05) is 30.9 Å². The molecule has 1 N–H and O–H groups in total. The fourth-order valence-corrected chi connectivity index (χ4v) is 2.72. The van der Waals surface area contributed by atoms with Crippen LogP contribution in [0.1, 0.15) is 11.4 Å². The molecule has 0 atom stereocenters. The van der Waals surface area contributed by atoms with E-state index in [-0.39, 0.29) is 0 Å². The highest BCUT2D eigenvalue weighted by Gasteiger charge is 2.10. The Bertz CT molecular complexity index is 599. The van der Waals surface area contributed by atoms with Crippen LogP contribution in [0.15, 0.2) is 29.4 Å². The zero-order chi connectivity index (χ0) is 15.2. The lowest BCUT2D eigenvalue weighted by Crippen LogP contribution is -2.16. The second-order valence-corrected chi connectivity index (χ2v) is 5.43. The molecule has 2 rings (SSSR count). The summed E-state index contributed by atoms with van der Waals surface area (Å²) >= 11 is 1.70. The number of benzene rings is 1. The van der Waals surface area contributed by atoms with Crippen molar-refractivity contribution in [2.75, 3.05) is 20.5 Å². The SMILES string of the molecule is COc1cc(CNCc2nccn2C)c(SC)cc1OC. The Kier molecular flexibility index (Phi) is 5.52. The Morgan fingerprint density at radius 2 is 1.90 bits per heavy atom. The van der Waals surface area contributed by atoms with E-state index in [2.05, 4.69) is 16.6 Å². The summed E-state index contributed by atoms with van der Waals surface area (Å²) in [5, 5.41) is 3.42. The van der Waals surface area contributed by atoms with Crippen molar-refractivity contribution in [3.63, 3.8) is 0 Å². The Balaban J connectivity index is 2.09. The number of ether oxygens (including phenoxy) is 2. The first-order valence-electron chi connectivity index (χ1n) is 6.65. The van der Waals surface area contributed by atoms with Crippen LogP contribution in [0.2, 0.25) is 0 Å². The summed E-state index contributed by atoms with van der Waals surface area (Å²) in [4.78, 5) is 5.48. The lowest BCUT2D eigenvalue weighted by atomic mass is 10.2. The molecule has 0 aliphatic heterocycles. The number of hydrogen-bond acceptors (Lipinski definition) is 5. The smallest absolute Gasteiger partial charge is 0.161 e. The summed E-state index contributed by atoms with van der Waals surface area (Å²) in [5.74, 6) is 2.53. The van der Waals surface area contributed by atoms with Crippen LogP contribution in [-0.4, -0.2) is 30.0 Å². The molecular formula is C15H21N3O2S. The molecule has 5 nitrogen and oxygen atoms in total. The standard InChI is InChI=1S/C15H21N3O2S/c1-18-6-5-17-15(18)10-16-9-11-7-12(19-2)13(20-3)8-14(11)21-4/h5-8,16H,9-10H2,1-4H3. The Morgan fingerprint density at radius 1 is 1.19 bits per heavy atom. The molecule has 6 heteroatoms. The second-order valence-electron chi connectivity index (χ2n) is 4.58. The molecule has 0 aliphatic carbocycles. The minimum atomic E-state index is 0.728. The maximum absolute atomic E-state index is 5.37. The molecule has 0 fully saturated rings. The number of imidazole rings is 1. The number of aryl methyl sites for hydroxylation is 1. The number of methoxy groups -OCH3 is 2. The third-order valence-electron chi connectivity index (χ3n) is 3.31. The van der Waals surface area contributed by atoms with Gasteiger partial charge in [0.25, 0.3) is 0 Å². The van der Waals surface area contributed by atoms with Gasteiger partial charge in [-0.15, -0.1) is 11.8 Å². The van der Waals surface area contributed by atoms with Crippen LogP contribution in [0.5, 0.6) is 11.5 Å². The highest BCUT2D eigenvalue weighted by atomic mass is 32.2. The second kappa shape index (κ2) is 7.38. The molecule has 1 aromatic carbocycles. The Hall–Kier alpha value is -1.66. The minimum Gasteiger partial charge on any atom is -0.493 e. The molecule has 1 aromatic heterocycles. The van der Waals surface area contributed by atoms with Crippen molar-refractivity contribution in [3.05, 3.63) is 35.9 Å². The summed E-state index contributed by atoms with van der Waals surface area (Å²) in [6.07, 6.45) is 5.81. The van der Waals surface area contributed by atoms with E-state index in [0.29, 0.717) is 0 Å². The maximum Gasteiger partial charge on any atom is 0.161 e. The van der Waals surface area contributed by atoms with Crippen molar-refractivity contribution in [3.8, 4) is 11.5 Å². The third-order valence-corrected chi connectivity index (χ3v) is 4.13. The van der Waals surface area contributed by atoms with Crippen molar-refractivity contribution >= 4 is 11.8 Å². The average molecular weight is 307 g/mol. The van der Waals surface area contributed by atoms with Gasteiger partial charge in [0.2, 0.25) is 0 Å². The average Bonchev–Trinajstić information content (AvgIpc) is 2.92. The van der Waals surface area contributed by atoms with E-state index >= 15 is 0 Å². The fourth-order valence-electron chi connectivity index (χ4n) is 2.11. The topological polar surface area (TPSA) is 48.3 Å². The molecule has 0 saturated heterocycles. The predicted molar refractivity (Wildman–Crippen MR) is 85.1 cm³/mol. The van der Waals surface area contributed by atoms with Crippen molar-refractivity contribution in [1.82, 2.24) is 14.9 Å². The lowest BCUT2D eigenvalue weighted by Gasteiger charge is -2.14. The zero-order valence-corrected chi connectivity index (χ0v) is 13.7. The molecule has 0 unspecified atom stereocenters. The van der Waals surface area contributed by atoms with Gasteiger partial charge in [-0.3, -0.25) is 0 Å². The first-order valence-corrected chi connectivity index (χ1v) is 7.87. The molecule has 21 heavy (non-hydrogen) atoms. The summed E-state index contributed by atoms with van der Waals surface area (Å²) in [6.45, 7) is 1.48. The van der Waals surface area contributed by atoms with E-state index in [1.165, 1.54) is 10.5 Å². The molecule has 2 aromatic rings. The minimum absolute atomic E-state index is 0.728. The van der Waals surface area contributed by atoms with Gasteiger partial charge in [-0.2, -0.15) is 0 Å². The van der Waals surface area contributed by atoms with Crippen LogP contribution in [0.25, 0.3) is 0 Å². The van der Waals surface area contributed by atoms with E-state index < -0.39 is 0 Å². The van der Waals surface area contributed by atoms with Crippen molar-refractivity contribution in [2.24, 2.45) is 7.05 Å². The molecule has 0 saturated carbocycles. The largest absolute Gasteiger partial charge is 0.493 e. The molecular weight excluding hydrogens is 286 g/mol. The summed E-state index contributed by atoms with van der Waals surface area (Å²) in [7, 11) is 5.30. The highest BCUT2D eigenvalue weighted by Crippen LogP contribution is 2.34. The van der Waals surface area contributed by atoms with Crippen molar-refractivity contribution < 1.29 is 9.47 Å². The van der Waals surface area contributed by atoms with Crippen LogP contribution < -0.4 is 14.8 Å². The number of rotatable bonds is 7. The van der Waals surface area contributed by atoms with Crippen LogP contribution >= 0.6 is 11.8 Å². The number of hydrogen-bond donors (Lipinski definition) is 1. The predicted octanol–water partition coefficient (Wildman–Crippen LogP) is 2.45. The quantitative estimate of drug-likeness (QED) is 0.796. The van der Waals surface area contributed by atoms with Gasteiger partial charge in [0.15, 0.2) is 11.5 Å². The van der Waals surface area contributed by atoms with E-state index in [1.54, 1.807) is 32.2 Å². The maximum atomic E-state index is 5.37. The lowest BCUT2D eigenvalue weighted by molar-refractivity contribution is 0.353. The monoisotopic (exact) mass is 307 g/mol. The first-order chi connectivity index (χ1) is 10.2. The van der Waals surface area contributed by atoms with Crippen LogP contribution in [0.3, 0.4) is 0 Å². The van der Waals surface area contributed by atoms with E-state index in [1.807, 2.05) is 29.9 Å². The number of aromatic nitrogens is 2. The summed E-state index contributed by atoms with van der Waals surface area (Å²) in [5.41, 5.74) is 1.19. The van der Waals surface area contributed by atoms with Crippen LogP contribution in [0, 0.1) is 0 Å².